The molecule has 0 radical (unpaired) electrons. The van der Waals surface area contributed by atoms with Gasteiger partial charge in [-0.1, -0.05) is 28.1 Å². The van der Waals surface area contributed by atoms with Gasteiger partial charge in [0.1, 0.15) is 5.82 Å². The minimum atomic E-state index is -0.515. The van der Waals surface area contributed by atoms with Crippen molar-refractivity contribution in [3.8, 4) is 0 Å². The van der Waals surface area contributed by atoms with E-state index in [2.05, 4.69) is 26.2 Å². The second-order valence-corrected chi connectivity index (χ2v) is 7.57. The summed E-state index contributed by atoms with van der Waals surface area (Å²) in [6.45, 7) is 0. The normalized spacial score (nSPS) is 19.3. The van der Waals surface area contributed by atoms with Crippen LogP contribution in [0.15, 0.2) is 58.2 Å². The molecule has 3 aromatic rings. The van der Waals surface area contributed by atoms with Gasteiger partial charge in [0.15, 0.2) is 5.78 Å². The highest BCUT2D eigenvalue weighted by molar-refractivity contribution is 9.10. The van der Waals surface area contributed by atoms with Crippen molar-refractivity contribution in [2.45, 2.75) is 25.3 Å². The Morgan fingerprint density at radius 2 is 2.04 bits per heavy atom. The fraction of sp³-hybridized carbons (Fsp3) is 0.200. The van der Waals surface area contributed by atoms with Gasteiger partial charge in [0.2, 0.25) is 5.95 Å². The summed E-state index contributed by atoms with van der Waals surface area (Å²) < 4.78 is 17.6. The lowest BCUT2D eigenvalue weighted by Gasteiger charge is -2.34. The number of ketones is 1. The van der Waals surface area contributed by atoms with E-state index in [1.807, 2.05) is 28.8 Å². The highest BCUT2D eigenvalue weighted by Gasteiger charge is 2.37. The summed E-state index contributed by atoms with van der Waals surface area (Å²) in [6.07, 6.45) is 2.07. The first-order chi connectivity index (χ1) is 12.6. The Balaban J connectivity index is 1.85. The number of allylic oxidation sites excluding steroid dienone is 2. The van der Waals surface area contributed by atoms with Crippen LogP contribution in [0.25, 0.3) is 11.0 Å². The number of hydrogen-bond acceptors (Lipinski definition) is 3. The smallest absolute Gasteiger partial charge is 0.209 e. The van der Waals surface area contributed by atoms with Crippen LogP contribution in [0.3, 0.4) is 0 Å². The van der Waals surface area contributed by atoms with Crippen LogP contribution >= 0.6 is 15.9 Å². The molecule has 1 aliphatic carbocycles. The average molecular weight is 412 g/mol. The van der Waals surface area contributed by atoms with Gasteiger partial charge in [-0.3, -0.25) is 9.36 Å². The van der Waals surface area contributed by atoms with Crippen molar-refractivity contribution in [3.05, 3.63) is 69.6 Å². The molecule has 0 saturated carbocycles. The zero-order chi connectivity index (χ0) is 17.8. The van der Waals surface area contributed by atoms with Crippen molar-refractivity contribution in [3.63, 3.8) is 0 Å². The molecule has 0 spiro atoms. The molecular formula is C20H15BrFN3O. The summed E-state index contributed by atoms with van der Waals surface area (Å²) >= 11 is 3.44. The molecule has 1 N–H and O–H groups in total. The number of nitrogens with zero attached hydrogens (tertiary/aromatic N) is 2. The maximum atomic E-state index is 14.8. The van der Waals surface area contributed by atoms with Crippen LogP contribution in [-0.4, -0.2) is 15.3 Å². The highest BCUT2D eigenvalue weighted by atomic mass is 79.9. The molecule has 6 heteroatoms. The summed E-state index contributed by atoms with van der Waals surface area (Å²) in [7, 11) is 0. The lowest BCUT2D eigenvalue weighted by molar-refractivity contribution is -0.116. The fourth-order valence-corrected chi connectivity index (χ4v) is 4.37. The Bertz CT molecular complexity index is 1100. The van der Waals surface area contributed by atoms with Gasteiger partial charge in [-0.2, -0.15) is 0 Å². The zero-order valence-electron chi connectivity index (χ0n) is 13.8. The second kappa shape index (κ2) is 5.77. The van der Waals surface area contributed by atoms with Gasteiger partial charge in [-0.05, 0) is 43.2 Å². The van der Waals surface area contributed by atoms with Crippen LogP contribution in [0.2, 0.25) is 0 Å². The predicted molar refractivity (Wildman–Crippen MR) is 101 cm³/mol. The lowest BCUT2D eigenvalue weighted by atomic mass is 9.85. The topological polar surface area (TPSA) is 46.9 Å². The fourth-order valence-electron chi connectivity index (χ4n) is 3.99. The standard InChI is InChI=1S/C20H15BrFN3O/c21-11-8-9-13(22)12(10-11)19-18-15(5-3-7-17(18)26)24-20-23-14-4-1-2-6-16(14)25(19)20/h1-2,4,6,8-10,19H,3,5,7H2,(H,23,24)/t19-/m0/s1. The number of imidazole rings is 1. The number of carbonyl (C=O) groups excluding carboxylic acids is 1. The molecule has 2 heterocycles. The number of Topliss-reactive ketones (excluding diaryl/α,β-unsaturated/α-hetero) is 1. The third kappa shape index (κ3) is 2.25. The first-order valence-corrected chi connectivity index (χ1v) is 9.38. The van der Waals surface area contributed by atoms with Crippen molar-refractivity contribution in [1.29, 1.82) is 0 Å². The van der Waals surface area contributed by atoms with Gasteiger partial charge in [0, 0.05) is 27.7 Å². The summed E-state index contributed by atoms with van der Waals surface area (Å²) in [6, 6.07) is 12.1. The third-order valence-corrected chi connectivity index (χ3v) is 5.59. The summed E-state index contributed by atoms with van der Waals surface area (Å²) in [5.41, 5.74) is 3.71. The molecule has 26 heavy (non-hydrogen) atoms. The van der Waals surface area contributed by atoms with Crippen LogP contribution in [-0.2, 0) is 4.79 Å². The third-order valence-electron chi connectivity index (χ3n) is 5.10. The van der Waals surface area contributed by atoms with Gasteiger partial charge in [-0.15, -0.1) is 0 Å². The van der Waals surface area contributed by atoms with Gasteiger partial charge in [0.05, 0.1) is 17.1 Å². The first kappa shape index (κ1) is 15.8. The largest absolute Gasteiger partial charge is 0.329 e. The summed E-state index contributed by atoms with van der Waals surface area (Å²) in [5, 5.41) is 3.33. The molecule has 1 atom stereocenters. The molecule has 130 valence electrons. The van der Waals surface area contributed by atoms with E-state index in [-0.39, 0.29) is 11.6 Å². The van der Waals surface area contributed by atoms with Crippen molar-refractivity contribution in [2.24, 2.45) is 0 Å². The molecule has 0 fully saturated rings. The van der Waals surface area contributed by atoms with E-state index in [0.717, 1.165) is 34.0 Å². The number of fused-ring (bicyclic) bond motifs is 3. The Hall–Kier alpha value is -2.47. The molecule has 2 aliphatic rings. The quantitative estimate of drug-likeness (QED) is 0.615. The van der Waals surface area contributed by atoms with Crippen molar-refractivity contribution in [1.82, 2.24) is 9.55 Å². The van der Waals surface area contributed by atoms with E-state index in [1.165, 1.54) is 6.07 Å². The monoisotopic (exact) mass is 411 g/mol. The van der Waals surface area contributed by atoms with E-state index in [4.69, 9.17) is 0 Å². The van der Waals surface area contributed by atoms with Crippen LogP contribution in [0, 0.1) is 5.82 Å². The minimum absolute atomic E-state index is 0.0755. The van der Waals surface area contributed by atoms with Crippen LogP contribution in [0.4, 0.5) is 10.3 Å². The van der Waals surface area contributed by atoms with Crippen molar-refractivity contribution < 1.29 is 9.18 Å². The number of carbonyl (C=O) groups is 1. The van der Waals surface area contributed by atoms with Gasteiger partial charge >= 0.3 is 0 Å². The number of para-hydroxylation sites is 2. The SMILES string of the molecule is O=C1CCCC2=C1[C@H](c1cc(Br)ccc1F)n1c(nc3ccccc31)N2. The second-order valence-electron chi connectivity index (χ2n) is 6.66. The van der Waals surface area contributed by atoms with Gasteiger partial charge in [0.25, 0.3) is 0 Å². The van der Waals surface area contributed by atoms with Crippen LogP contribution in [0.1, 0.15) is 30.9 Å². The van der Waals surface area contributed by atoms with Crippen LogP contribution < -0.4 is 5.32 Å². The Kier molecular flexibility index (Phi) is 3.50. The molecule has 0 amide bonds. The molecule has 0 unspecified atom stereocenters. The molecule has 5 rings (SSSR count). The Morgan fingerprint density at radius 3 is 2.92 bits per heavy atom. The number of halogens is 2. The summed E-state index contributed by atoms with van der Waals surface area (Å²) in [4.78, 5) is 17.5. The van der Waals surface area contributed by atoms with Gasteiger partial charge in [-0.25, -0.2) is 9.37 Å². The molecule has 1 aromatic heterocycles. The number of anilines is 1. The van der Waals surface area contributed by atoms with E-state index in [9.17, 15) is 9.18 Å². The Labute approximate surface area is 157 Å². The maximum Gasteiger partial charge on any atom is 0.209 e. The zero-order valence-corrected chi connectivity index (χ0v) is 15.4. The van der Waals surface area contributed by atoms with Crippen LogP contribution in [0.5, 0.6) is 0 Å². The summed E-state index contributed by atoms with van der Waals surface area (Å²) in [5.74, 6) is 0.407. The molecule has 4 nitrogen and oxygen atoms in total. The van der Waals surface area contributed by atoms with E-state index in [0.29, 0.717) is 23.5 Å². The number of rotatable bonds is 1. The predicted octanol–water partition coefficient (Wildman–Crippen LogP) is 4.96. The number of benzene rings is 2. The highest BCUT2D eigenvalue weighted by Crippen LogP contribution is 2.43. The van der Waals surface area contributed by atoms with E-state index in [1.54, 1.807) is 12.1 Å². The molecule has 1 aliphatic heterocycles. The van der Waals surface area contributed by atoms with Crippen molar-refractivity contribution >= 4 is 38.7 Å². The average Bonchev–Trinajstić information content (AvgIpc) is 3.00. The first-order valence-electron chi connectivity index (χ1n) is 8.58. The molecule has 0 saturated heterocycles. The molecule has 0 bridgehead atoms. The lowest BCUT2D eigenvalue weighted by Crippen LogP contribution is -2.31. The number of hydrogen-bond donors (Lipinski definition) is 1. The minimum Gasteiger partial charge on any atom is -0.329 e. The maximum absolute atomic E-state index is 14.8. The van der Waals surface area contributed by atoms with E-state index < -0.39 is 6.04 Å². The molecule has 2 aromatic carbocycles. The number of nitrogens with one attached hydrogen (secondary N) is 1. The van der Waals surface area contributed by atoms with Gasteiger partial charge < -0.3 is 5.32 Å². The van der Waals surface area contributed by atoms with E-state index >= 15 is 0 Å². The Morgan fingerprint density at radius 1 is 1.19 bits per heavy atom. The van der Waals surface area contributed by atoms with Crippen molar-refractivity contribution in [2.75, 3.05) is 5.32 Å². The number of aromatic nitrogens is 2. The molecular weight excluding hydrogens is 397 g/mol.